The van der Waals surface area contributed by atoms with Crippen LogP contribution in [0.2, 0.25) is 0 Å². The van der Waals surface area contributed by atoms with Gasteiger partial charge in [0.2, 0.25) is 0 Å². The van der Waals surface area contributed by atoms with Gasteiger partial charge in [-0.25, -0.2) is 4.98 Å². The molecule has 5 nitrogen and oxygen atoms in total. The van der Waals surface area contributed by atoms with Crippen LogP contribution in [0.4, 0.5) is 13.2 Å². The first-order valence-corrected chi connectivity index (χ1v) is 6.68. The molecule has 0 aromatic carbocycles. The Morgan fingerprint density at radius 1 is 1.45 bits per heavy atom. The van der Waals surface area contributed by atoms with Crippen LogP contribution < -0.4 is 10.1 Å². The van der Waals surface area contributed by atoms with Crippen LogP contribution in [0.1, 0.15) is 31.3 Å². The van der Waals surface area contributed by atoms with Gasteiger partial charge in [-0.2, -0.15) is 13.2 Å². The van der Waals surface area contributed by atoms with Crippen LogP contribution >= 0.6 is 0 Å². The molecule has 8 heteroatoms. The molecule has 0 saturated carbocycles. The molecule has 0 saturated heterocycles. The van der Waals surface area contributed by atoms with Crippen molar-refractivity contribution in [2.45, 2.75) is 32.5 Å². The Morgan fingerprint density at radius 3 is 2.64 bits per heavy atom. The highest BCUT2D eigenvalue weighted by molar-refractivity contribution is 5.94. The molecule has 0 aliphatic rings. The number of amides is 1. The monoisotopic (exact) mass is 320 g/mol. The second-order valence-corrected chi connectivity index (χ2v) is 5.45. The molecule has 1 rings (SSSR count). The maximum absolute atomic E-state index is 12.2. The quantitative estimate of drug-likeness (QED) is 0.842. The Morgan fingerprint density at radius 2 is 2.09 bits per heavy atom. The average molecular weight is 320 g/mol. The zero-order valence-electron chi connectivity index (χ0n) is 12.6. The minimum atomic E-state index is -4.51. The highest BCUT2D eigenvalue weighted by Gasteiger charge is 2.30. The molecule has 1 atom stereocenters. The maximum atomic E-state index is 12.2. The van der Waals surface area contributed by atoms with Crippen molar-refractivity contribution in [3.8, 4) is 5.75 Å². The third-order valence-corrected chi connectivity index (χ3v) is 3.23. The normalized spacial score (nSPS) is 14.5. The number of carbonyl (C=O) groups is 1. The third kappa shape index (κ3) is 5.51. The van der Waals surface area contributed by atoms with Crippen molar-refractivity contribution in [2.24, 2.45) is 5.92 Å². The molecular weight excluding hydrogens is 301 g/mol. The van der Waals surface area contributed by atoms with Gasteiger partial charge in [0, 0.05) is 12.7 Å². The number of aliphatic hydroxyl groups is 1. The molecule has 2 N–H and O–H groups in total. The van der Waals surface area contributed by atoms with Crippen molar-refractivity contribution in [2.75, 3.05) is 13.2 Å². The fourth-order valence-electron chi connectivity index (χ4n) is 1.38. The summed E-state index contributed by atoms with van der Waals surface area (Å²) in [7, 11) is 0. The number of ether oxygens (including phenoxy) is 1. The van der Waals surface area contributed by atoms with E-state index in [1.165, 1.54) is 18.3 Å². The largest absolute Gasteiger partial charge is 0.482 e. The Balaban J connectivity index is 2.77. The van der Waals surface area contributed by atoms with E-state index in [1.807, 2.05) is 0 Å². The Kier molecular flexibility index (Phi) is 5.76. The first kappa shape index (κ1) is 18.2. The molecular formula is C14H19F3N2O3. The van der Waals surface area contributed by atoms with Crippen molar-refractivity contribution in [1.29, 1.82) is 0 Å². The smallest absolute Gasteiger partial charge is 0.422 e. The zero-order valence-corrected chi connectivity index (χ0v) is 12.6. The third-order valence-electron chi connectivity index (χ3n) is 3.23. The number of rotatable bonds is 6. The zero-order chi connectivity index (χ0) is 17.0. The van der Waals surface area contributed by atoms with Crippen molar-refractivity contribution < 1.29 is 27.8 Å². The summed E-state index contributed by atoms with van der Waals surface area (Å²) >= 11 is 0. The minimum absolute atomic E-state index is 0.0568. The van der Waals surface area contributed by atoms with E-state index in [2.05, 4.69) is 15.0 Å². The van der Waals surface area contributed by atoms with Crippen LogP contribution in [-0.4, -0.2) is 40.9 Å². The predicted octanol–water partition coefficient (Wildman–Crippen LogP) is 2.16. The lowest BCUT2D eigenvalue weighted by atomic mass is 9.92. The van der Waals surface area contributed by atoms with E-state index in [9.17, 15) is 23.1 Å². The Hall–Kier alpha value is -1.83. The summed E-state index contributed by atoms with van der Waals surface area (Å²) in [6.45, 7) is 3.55. The molecule has 22 heavy (non-hydrogen) atoms. The average Bonchev–Trinajstić information content (AvgIpc) is 2.42. The van der Waals surface area contributed by atoms with Gasteiger partial charge < -0.3 is 15.2 Å². The lowest BCUT2D eigenvalue weighted by molar-refractivity contribution is -0.153. The van der Waals surface area contributed by atoms with Crippen LogP contribution in [-0.2, 0) is 0 Å². The summed E-state index contributed by atoms with van der Waals surface area (Å²) in [5.41, 5.74) is -1.40. The van der Waals surface area contributed by atoms with Crippen LogP contribution in [0, 0.1) is 5.92 Å². The molecule has 124 valence electrons. The van der Waals surface area contributed by atoms with Gasteiger partial charge in [0.25, 0.3) is 5.91 Å². The molecule has 1 heterocycles. The number of aromatic nitrogens is 1. The van der Waals surface area contributed by atoms with E-state index in [0.29, 0.717) is 0 Å². The van der Waals surface area contributed by atoms with Crippen LogP contribution in [0.25, 0.3) is 0 Å². The standard InChI is InChI=1S/C14H19F3N2O3/c1-9(2)13(3,21)7-19-12(20)11-10(5-4-6-18-11)22-8-14(15,16)17/h4-6,9,21H,7-8H2,1-3H3,(H,19,20). The van der Waals surface area contributed by atoms with E-state index >= 15 is 0 Å². The summed E-state index contributed by atoms with van der Waals surface area (Å²) < 4.78 is 41.2. The summed E-state index contributed by atoms with van der Waals surface area (Å²) in [6, 6.07) is 2.60. The second-order valence-electron chi connectivity index (χ2n) is 5.45. The second kappa shape index (κ2) is 6.95. The summed E-state index contributed by atoms with van der Waals surface area (Å²) in [5, 5.41) is 12.5. The van der Waals surface area contributed by atoms with Gasteiger partial charge in [0.05, 0.1) is 5.60 Å². The van der Waals surface area contributed by atoms with Crippen molar-refractivity contribution in [1.82, 2.24) is 10.3 Å². The maximum Gasteiger partial charge on any atom is 0.422 e. The fraction of sp³-hybridized carbons (Fsp3) is 0.571. The number of nitrogens with zero attached hydrogens (tertiary/aromatic N) is 1. The molecule has 0 bridgehead atoms. The van der Waals surface area contributed by atoms with Gasteiger partial charge in [-0.1, -0.05) is 13.8 Å². The van der Waals surface area contributed by atoms with E-state index in [0.717, 1.165) is 0 Å². The number of carbonyl (C=O) groups excluding carboxylic acids is 1. The summed E-state index contributed by atoms with van der Waals surface area (Å²) in [6.07, 6.45) is -3.24. The number of hydrogen-bond acceptors (Lipinski definition) is 4. The van der Waals surface area contributed by atoms with Gasteiger partial charge in [0.1, 0.15) is 0 Å². The Labute approximate surface area is 126 Å². The predicted molar refractivity (Wildman–Crippen MR) is 73.6 cm³/mol. The number of nitrogens with one attached hydrogen (secondary N) is 1. The highest BCUT2D eigenvalue weighted by atomic mass is 19.4. The number of alkyl halides is 3. The van der Waals surface area contributed by atoms with Gasteiger partial charge in [0.15, 0.2) is 18.1 Å². The molecule has 1 aromatic rings. The summed E-state index contributed by atoms with van der Waals surface area (Å²) in [4.78, 5) is 15.8. The minimum Gasteiger partial charge on any atom is -0.482 e. The van der Waals surface area contributed by atoms with Crippen molar-refractivity contribution >= 4 is 5.91 Å². The lowest BCUT2D eigenvalue weighted by Crippen LogP contribution is -2.44. The van der Waals surface area contributed by atoms with Gasteiger partial charge in [-0.3, -0.25) is 4.79 Å². The lowest BCUT2D eigenvalue weighted by Gasteiger charge is -2.27. The van der Waals surface area contributed by atoms with Crippen LogP contribution in [0.3, 0.4) is 0 Å². The van der Waals surface area contributed by atoms with Crippen LogP contribution in [0.5, 0.6) is 5.75 Å². The molecule has 1 unspecified atom stereocenters. The first-order valence-electron chi connectivity index (χ1n) is 6.68. The SMILES string of the molecule is CC(C)C(C)(O)CNC(=O)c1ncccc1OCC(F)(F)F. The van der Waals surface area contributed by atoms with Gasteiger partial charge in [-0.15, -0.1) is 0 Å². The molecule has 0 aliphatic heterocycles. The Bertz CT molecular complexity index is 516. The molecule has 0 spiro atoms. The highest BCUT2D eigenvalue weighted by Crippen LogP contribution is 2.21. The fourth-order valence-corrected chi connectivity index (χ4v) is 1.38. The molecule has 0 aliphatic carbocycles. The topological polar surface area (TPSA) is 71.5 Å². The van der Waals surface area contributed by atoms with E-state index in [1.54, 1.807) is 20.8 Å². The van der Waals surface area contributed by atoms with Crippen molar-refractivity contribution in [3.05, 3.63) is 24.0 Å². The van der Waals surface area contributed by atoms with Crippen molar-refractivity contribution in [3.63, 3.8) is 0 Å². The van der Waals surface area contributed by atoms with Crippen LogP contribution in [0.15, 0.2) is 18.3 Å². The molecule has 1 amide bonds. The van der Waals surface area contributed by atoms with Gasteiger partial charge >= 0.3 is 6.18 Å². The van der Waals surface area contributed by atoms with E-state index in [4.69, 9.17) is 0 Å². The summed E-state index contributed by atoms with van der Waals surface area (Å²) in [5.74, 6) is -1.09. The van der Waals surface area contributed by atoms with E-state index in [-0.39, 0.29) is 23.9 Å². The van der Waals surface area contributed by atoms with Gasteiger partial charge in [-0.05, 0) is 25.0 Å². The number of halogens is 3. The molecule has 0 fully saturated rings. The molecule has 1 aromatic heterocycles. The van der Waals surface area contributed by atoms with E-state index < -0.39 is 24.3 Å². The number of pyridine rings is 1. The number of hydrogen-bond donors (Lipinski definition) is 2. The molecule has 0 radical (unpaired) electrons. The first-order chi connectivity index (χ1) is 10.0.